The van der Waals surface area contributed by atoms with E-state index in [1.165, 1.54) is 0 Å². The summed E-state index contributed by atoms with van der Waals surface area (Å²) in [6.45, 7) is 4.31. The van der Waals surface area contributed by atoms with Crippen molar-refractivity contribution in [1.29, 1.82) is 0 Å². The number of nitrogens with zero attached hydrogens (tertiary/aromatic N) is 2. The number of imidazole rings is 1. The number of halogens is 1. The molecule has 24 heavy (non-hydrogen) atoms. The van der Waals surface area contributed by atoms with Gasteiger partial charge in [0.15, 0.2) is 0 Å². The van der Waals surface area contributed by atoms with Crippen molar-refractivity contribution in [2.24, 2.45) is 0 Å². The normalized spacial score (nSPS) is 12.3. The Morgan fingerprint density at radius 3 is 2.83 bits per heavy atom. The molecular weight excluding hydrogens is 322 g/mol. The molecule has 1 atom stereocenters. The van der Waals surface area contributed by atoms with E-state index in [4.69, 9.17) is 11.6 Å². The van der Waals surface area contributed by atoms with Crippen molar-refractivity contribution in [3.8, 4) is 0 Å². The predicted octanol–water partition coefficient (Wildman–Crippen LogP) is 4.68. The fraction of sp³-hybridized carbons (Fsp3) is 0.263. The third-order valence-corrected chi connectivity index (χ3v) is 4.41. The van der Waals surface area contributed by atoms with Gasteiger partial charge in [-0.1, -0.05) is 43.6 Å². The Morgan fingerprint density at radius 2 is 2.04 bits per heavy atom. The topological polar surface area (TPSA) is 46.4 Å². The number of aromatic nitrogens is 2. The highest BCUT2D eigenvalue weighted by Gasteiger charge is 2.13. The van der Waals surface area contributed by atoms with E-state index in [1.54, 1.807) is 12.3 Å². The molecule has 3 rings (SSSR count). The fourth-order valence-corrected chi connectivity index (χ4v) is 2.89. The Morgan fingerprint density at radius 1 is 1.25 bits per heavy atom. The summed E-state index contributed by atoms with van der Waals surface area (Å²) in [6, 6.07) is 11.6. The number of pyridine rings is 1. The summed E-state index contributed by atoms with van der Waals surface area (Å²) in [6.07, 6.45) is 4.87. The summed E-state index contributed by atoms with van der Waals surface area (Å²) >= 11 is 5.97. The lowest BCUT2D eigenvalue weighted by atomic mass is 9.97. The smallest absolute Gasteiger partial charge is 0.230 e. The van der Waals surface area contributed by atoms with E-state index in [0.29, 0.717) is 10.9 Å². The Kier molecular flexibility index (Phi) is 4.86. The molecule has 1 N–H and O–H groups in total. The van der Waals surface area contributed by atoms with Crippen LogP contribution in [-0.4, -0.2) is 15.3 Å². The van der Waals surface area contributed by atoms with Gasteiger partial charge in [0.2, 0.25) is 5.91 Å². The largest absolute Gasteiger partial charge is 0.325 e. The molecular formula is C19H20ClN3O. The minimum Gasteiger partial charge on any atom is -0.325 e. The zero-order chi connectivity index (χ0) is 17.1. The van der Waals surface area contributed by atoms with Crippen LogP contribution in [0.4, 0.5) is 5.69 Å². The van der Waals surface area contributed by atoms with Crippen LogP contribution in [0.25, 0.3) is 5.65 Å². The van der Waals surface area contributed by atoms with E-state index < -0.39 is 0 Å². The number of fused-ring (bicyclic) bond motifs is 1. The molecule has 2 heterocycles. The maximum absolute atomic E-state index is 12.4. The molecule has 2 aromatic heterocycles. The standard InChI is InChI=1S/C19H20ClN3O/c1-3-13(2)16-6-4-5-7-17(16)22-19(24)10-15-12-23-11-14(20)8-9-18(23)21-15/h4-9,11-13H,3,10H2,1-2H3,(H,22,24). The van der Waals surface area contributed by atoms with Gasteiger partial charge in [0, 0.05) is 18.1 Å². The van der Waals surface area contributed by atoms with Gasteiger partial charge in [-0.3, -0.25) is 4.79 Å². The maximum Gasteiger partial charge on any atom is 0.230 e. The quantitative estimate of drug-likeness (QED) is 0.732. The van der Waals surface area contributed by atoms with Crippen LogP contribution in [0, 0.1) is 0 Å². The maximum atomic E-state index is 12.4. The van der Waals surface area contributed by atoms with Crippen molar-refractivity contribution in [1.82, 2.24) is 9.38 Å². The number of hydrogen-bond acceptors (Lipinski definition) is 2. The first-order valence-corrected chi connectivity index (χ1v) is 8.46. The molecule has 0 aliphatic rings. The zero-order valence-electron chi connectivity index (χ0n) is 13.8. The number of para-hydroxylation sites is 1. The third kappa shape index (κ3) is 3.60. The highest BCUT2D eigenvalue weighted by Crippen LogP contribution is 2.26. The lowest BCUT2D eigenvalue weighted by molar-refractivity contribution is -0.115. The van der Waals surface area contributed by atoms with Gasteiger partial charge in [-0.05, 0) is 36.1 Å². The van der Waals surface area contributed by atoms with E-state index in [-0.39, 0.29) is 12.3 Å². The molecule has 0 saturated heterocycles. The van der Waals surface area contributed by atoms with Crippen molar-refractivity contribution in [2.45, 2.75) is 32.6 Å². The van der Waals surface area contributed by atoms with E-state index >= 15 is 0 Å². The van der Waals surface area contributed by atoms with Gasteiger partial charge < -0.3 is 9.72 Å². The van der Waals surface area contributed by atoms with Crippen LogP contribution in [0.5, 0.6) is 0 Å². The number of anilines is 1. The molecule has 5 heteroatoms. The number of amides is 1. The van der Waals surface area contributed by atoms with Gasteiger partial charge in [-0.2, -0.15) is 0 Å². The van der Waals surface area contributed by atoms with Gasteiger partial charge >= 0.3 is 0 Å². The summed E-state index contributed by atoms with van der Waals surface area (Å²) in [5.74, 6) is 0.332. The lowest BCUT2D eigenvalue weighted by Gasteiger charge is -2.15. The van der Waals surface area contributed by atoms with Crippen LogP contribution in [0.1, 0.15) is 37.4 Å². The minimum atomic E-state index is -0.0692. The molecule has 1 aromatic carbocycles. The number of carbonyl (C=O) groups is 1. The van der Waals surface area contributed by atoms with Gasteiger partial charge in [0.05, 0.1) is 17.1 Å². The summed E-state index contributed by atoms with van der Waals surface area (Å²) in [5.41, 5.74) is 3.54. The van der Waals surface area contributed by atoms with Crippen LogP contribution < -0.4 is 5.32 Å². The first-order valence-electron chi connectivity index (χ1n) is 8.08. The molecule has 0 bridgehead atoms. The lowest BCUT2D eigenvalue weighted by Crippen LogP contribution is -2.16. The molecule has 0 spiro atoms. The van der Waals surface area contributed by atoms with Crippen LogP contribution in [0.3, 0.4) is 0 Å². The van der Waals surface area contributed by atoms with E-state index in [0.717, 1.165) is 29.0 Å². The number of benzene rings is 1. The van der Waals surface area contributed by atoms with Gasteiger partial charge in [0.25, 0.3) is 0 Å². The summed E-state index contributed by atoms with van der Waals surface area (Å²) in [4.78, 5) is 16.9. The molecule has 4 nitrogen and oxygen atoms in total. The molecule has 0 aliphatic carbocycles. The molecule has 1 unspecified atom stereocenters. The molecule has 0 saturated carbocycles. The minimum absolute atomic E-state index is 0.0692. The van der Waals surface area contributed by atoms with Crippen LogP contribution in [0.2, 0.25) is 5.02 Å². The average molecular weight is 342 g/mol. The summed E-state index contributed by atoms with van der Waals surface area (Å²) in [7, 11) is 0. The molecule has 124 valence electrons. The number of nitrogens with one attached hydrogen (secondary N) is 1. The van der Waals surface area contributed by atoms with Crippen molar-refractivity contribution >= 4 is 28.8 Å². The third-order valence-electron chi connectivity index (χ3n) is 4.18. The number of hydrogen-bond donors (Lipinski definition) is 1. The number of rotatable bonds is 5. The second-order valence-electron chi connectivity index (χ2n) is 5.97. The Hall–Kier alpha value is -2.33. The van der Waals surface area contributed by atoms with Crippen molar-refractivity contribution in [2.75, 3.05) is 5.32 Å². The van der Waals surface area contributed by atoms with Crippen LogP contribution in [-0.2, 0) is 11.2 Å². The van der Waals surface area contributed by atoms with Crippen molar-refractivity contribution < 1.29 is 4.79 Å². The zero-order valence-corrected chi connectivity index (χ0v) is 14.5. The monoisotopic (exact) mass is 341 g/mol. The molecule has 0 radical (unpaired) electrons. The van der Waals surface area contributed by atoms with Gasteiger partial charge in [-0.15, -0.1) is 0 Å². The fourth-order valence-electron chi connectivity index (χ4n) is 2.72. The Labute approximate surface area is 146 Å². The molecule has 1 amide bonds. The highest BCUT2D eigenvalue weighted by molar-refractivity contribution is 6.30. The van der Waals surface area contributed by atoms with E-state index in [1.807, 2.05) is 34.9 Å². The summed E-state index contributed by atoms with van der Waals surface area (Å²) < 4.78 is 1.83. The van der Waals surface area contributed by atoms with Gasteiger partial charge in [-0.25, -0.2) is 4.98 Å². The van der Waals surface area contributed by atoms with Crippen LogP contribution >= 0.6 is 11.6 Å². The average Bonchev–Trinajstić information content (AvgIpc) is 2.95. The first-order chi connectivity index (χ1) is 11.6. The molecule has 0 fully saturated rings. The summed E-state index contributed by atoms with van der Waals surface area (Å²) in [5, 5.41) is 3.65. The van der Waals surface area contributed by atoms with E-state index in [2.05, 4.69) is 30.2 Å². The SMILES string of the molecule is CCC(C)c1ccccc1NC(=O)Cc1cn2cc(Cl)ccc2n1. The Bertz CT molecular complexity index is 872. The first kappa shape index (κ1) is 16.5. The molecule has 0 aliphatic heterocycles. The van der Waals surface area contributed by atoms with Crippen LogP contribution in [0.15, 0.2) is 48.8 Å². The molecule has 3 aromatic rings. The van der Waals surface area contributed by atoms with E-state index in [9.17, 15) is 4.79 Å². The second kappa shape index (κ2) is 7.05. The van der Waals surface area contributed by atoms with Crippen molar-refractivity contribution in [3.63, 3.8) is 0 Å². The predicted molar refractivity (Wildman–Crippen MR) is 97.7 cm³/mol. The van der Waals surface area contributed by atoms with Gasteiger partial charge in [0.1, 0.15) is 5.65 Å². The second-order valence-corrected chi connectivity index (χ2v) is 6.40. The van der Waals surface area contributed by atoms with Crippen molar-refractivity contribution in [3.05, 3.63) is 65.1 Å². The Balaban J connectivity index is 1.75. The number of carbonyl (C=O) groups excluding carboxylic acids is 1. The highest BCUT2D eigenvalue weighted by atomic mass is 35.5.